The van der Waals surface area contributed by atoms with E-state index < -0.39 is 9.84 Å². The second kappa shape index (κ2) is 6.02. The summed E-state index contributed by atoms with van der Waals surface area (Å²) in [6.45, 7) is 2.09. The van der Waals surface area contributed by atoms with Gasteiger partial charge in [0.05, 0.1) is 15.7 Å². The molecule has 5 nitrogen and oxygen atoms in total. The highest BCUT2D eigenvalue weighted by atomic mass is 35.5. The summed E-state index contributed by atoms with van der Waals surface area (Å²) in [5.74, 6) is 1.15. The minimum Gasteiger partial charge on any atom is -0.486 e. The molecule has 2 aliphatic rings. The van der Waals surface area contributed by atoms with E-state index in [0.717, 1.165) is 12.8 Å². The van der Waals surface area contributed by atoms with Crippen molar-refractivity contribution in [1.82, 2.24) is 0 Å². The van der Waals surface area contributed by atoms with E-state index in [2.05, 4.69) is 0 Å². The van der Waals surface area contributed by atoms with Gasteiger partial charge in [-0.3, -0.25) is 0 Å². The van der Waals surface area contributed by atoms with Crippen molar-refractivity contribution in [1.29, 1.82) is 0 Å². The molecule has 0 aliphatic carbocycles. The minimum atomic E-state index is -3.45. The van der Waals surface area contributed by atoms with Crippen LogP contribution in [0.1, 0.15) is 12.8 Å². The number of halogens is 1. The van der Waals surface area contributed by atoms with Crippen LogP contribution in [0, 0.1) is 5.92 Å². The Morgan fingerprint density at radius 1 is 1.05 bits per heavy atom. The molecular formula is C14H17ClO5S. The highest BCUT2D eigenvalue weighted by Gasteiger charge is 2.27. The lowest BCUT2D eigenvalue weighted by molar-refractivity contribution is 0.0723. The molecule has 0 N–H and O–H groups in total. The summed E-state index contributed by atoms with van der Waals surface area (Å²) < 4.78 is 41.3. The highest BCUT2D eigenvalue weighted by molar-refractivity contribution is 7.91. The van der Waals surface area contributed by atoms with E-state index in [0.29, 0.717) is 37.9 Å². The zero-order chi connectivity index (χ0) is 14.9. The quantitative estimate of drug-likeness (QED) is 0.850. The Morgan fingerprint density at radius 2 is 1.67 bits per heavy atom. The molecule has 7 heteroatoms. The standard InChI is InChI=1S/C14H17ClO5S/c15-11-7-12-13(20-6-5-19-12)8-14(11)21(16,17)9-10-1-3-18-4-2-10/h7-8,10H,1-6,9H2. The number of sulfone groups is 1. The van der Waals surface area contributed by atoms with Crippen LogP contribution in [0.2, 0.25) is 5.02 Å². The van der Waals surface area contributed by atoms with Gasteiger partial charge in [-0.2, -0.15) is 0 Å². The number of ether oxygens (including phenoxy) is 3. The average molecular weight is 333 g/mol. The third-order valence-electron chi connectivity index (χ3n) is 3.73. The zero-order valence-corrected chi connectivity index (χ0v) is 13.1. The second-order valence-corrected chi connectivity index (χ2v) is 7.67. The van der Waals surface area contributed by atoms with E-state index in [9.17, 15) is 8.42 Å². The second-order valence-electron chi connectivity index (χ2n) is 5.26. The van der Waals surface area contributed by atoms with Crippen molar-refractivity contribution in [2.45, 2.75) is 17.7 Å². The van der Waals surface area contributed by atoms with Crippen LogP contribution in [0.5, 0.6) is 11.5 Å². The van der Waals surface area contributed by atoms with Crippen molar-refractivity contribution < 1.29 is 22.6 Å². The molecule has 2 aliphatic heterocycles. The molecule has 0 radical (unpaired) electrons. The SMILES string of the molecule is O=S(=O)(CC1CCOCC1)c1cc2c(cc1Cl)OCCO2. The molecule has 1 aromatic carbocycles. The largest absolute Gasteiger partial charge is 0.486 e. The molecule has 1 aromatic rings. The summed E-state index contributed by atoms with van der Waals surface area (Å²) in [6, 6.07) is 3.00. The maximum atomic E-state index is 12.6. The van der Waals surface area contributed by atoms with E-state index in [-0.39, 0.29) is 21.6 Å². The summed E-state index contributed by atoms with van der Waals surface area (Å²) in [6.07, 6.45) is 1.53. The molecule has 0 spiro atoms. The molecular weight excluding hydrogens is 316 g/mol. The minimum absolute atomic E-state index is 0.0930. The van der Waals surface area contributed by atoms with Crippen LogP contribution in [-0.2, 0) is 14.6 Å². The normalized spacial score (nSPS) is 19.5. The monoisotopic (exact) mass is 332 g/mol. The first-order chi connectivity index (χ1) is 10.1. The van der Waals surface area contributed by atoms with Crippen molar-refractivity contribution >= 4 is 21.4 Å². The molecule has 0 aromatic heterocycles. The number of hydrogen-bond acceptors (Lipinski definition) is 5. The van der Waals surface area contributed by atoms with Crippen LogP contribution in [-0.4, -0.2) is 40.6 Å². The van der Waals surface area contributed by atoms with Crippen LogP contribution in [0.15, 0.2) is 17.0 Å². The third-order valence-corrected chi connectivity index (χ3v) is 6.07. The fraction of sp³-hybridized carbons (Fsp3) is 0.571. The van der Waals surface area contributed by atoms with Gasteiger partial charge in [0.1, 0.15) is 13.2 Å². The Labute approximate surface area is 129 Å². The Balaban J connectivity index is 1.87. The molecule has 1 fully saturated rings. The maximum Gasteiger partial charge on any atom is 0.180 e. The zero-order valence-electron chi connectivity index (χ0n) is 11.5. The van der Waals surface area contributed by atoms with Crippen LogP contribution >= 0.6 is 11.6 Å². The molecule has 21 heavy (non-hydrogen) atoms. The Morgan fingerprint density at radius 3 is 2.33 bits per heavy atom. The molecule has 116 valence electrons. The molecule has 0 bridgehead atoms. The van der Waals surface area contributed by atoms with Crippen molar-refractivity contribution in [3.05, 3.63) is 17.2 Å². The molecule has 0 atom stereocenters. The van der Waals surface area contributed by atoms with Crippen LogP contribution in [0.25, 0.3) is 0 Å². The highest BCUT2D eigenvalue weighted by Crippen LogP contribution is 2.38. The molecule has 2 heterocycles. The lowest BCUT2D eigenvalue weighted by Gasteiger charge is -2.23. The third kappa shape index (κ3) is 3.27. The fourth-order valence-electron chi connectivity index (χ4n) is 2.60. The molecule has 1 saturated heterocycles. The summed E-state index contributed by atoms with van der Waals surface area (Å²) in [7, 11) is -3.45. The number of benzene rings is 1. The number of hydrogen-bond donors (Lipinski definition) is 0. The Hall–Kier alpha value is -0.980. The molecule has 0 unspecified atom stereocenters. The van der Waals surface area contributed by atoms with Gasteiger partial charge in [0.15, 0.2) is 21.3 Å². The number of fused-ring (bicyclic) bond motifs is 1. The van der Waals surface area contributed by atoms with Gasteiger partial charge in [0.25, 0.3) is 0 Å². The summed E-state index contributed by atoms with van der Waals surface area (Å²) in [4.78, 5) is 0.125. The molecule has 3 rings (SSSR count). The Bertz CT molecular complexity index is 622. The van der Waals surface area contributed by atoms with Gasteiger partial charge in [0.2, 0.25) is 0 Å². The predicted molar refractivity (Wildman–Crippen MR) is 78.0 cm³/mol. The summed E-state index contributed by atoms with van der Waals surface area (Å²) in [5, 5.41) is 0.186. The van der Waals surface area contributed by atoms with Crippen LogP contribution in [0.4, 0.5) is 0 Å². The van der Waals surface area contributed by atoms with E-state index in [1.807, 2.05) is 0 Å². The van der Waals surface area contributed by atoms with Crippen LogP contribution < -0.4 is 9.47 Å². The van der Waals surface area contributed by atoms with Crippen molar-refractivity contribution in [2.75, 3.05) is 32.2 Å². The van der Waals surface area contributed by atoms with Crippen LogP contribution in [0.3, 0.4) is 0 Å². The van der Waals surface area contributed by atoms with Gasteiger partial charge in [0, 0.05) is 25.3 Å². The maximum absolute atomic E-state index is 12.6. The fourth-order valence-corrected chi connectivity index (χ4v) is 4.88. The van der Waals surface area contributed by atoms with Gasteiger partial charge in [-0.1, -0.05) is 11.6 Å². The van der Waals surface area contributed by atoms with E-state index in [4.69, 9.17) is 25.8 Å². The lowest BCUT2D eigenvalue weighted by atomic mass is 10.0. The van der Waals surface area contributed by atoms with Crippen molar-refractivity contribution in [2.24, 2.45) is 5.92 Å². The first-order valence-electron chi connectivity index (χ1n) is 6.96. The van der Waals surface area contributed by atoms with Gasteiger partial charge in [-0.15, -0.1) is 0 Å². The predicted octanol–water partition coefficient (Wildman–Crippen LogP) is 2.31. The summed E-state index contributed by atoms with van der Waals surface area (Å²) >= 11 is 6.12. The smallest absolute Gasteiger partial charge is 0.180 e. The van der Waals surface area contributed by atoms with Gasteiger partial charge < -0.3 is 14.2 Å². The molecule has 0 amide bonds. The van der Waals surface area contributed by atoms with Gasteiger partial charge >= 0.3 is 0 Å². The average Bonchev–Trinajstić information content (AvgIpc) is 2.47. The topological polar surface area (TPSA) is 61.8 Å². The first kappa shape index (κ1) is 14.9. The summed E-state index contributed by atoms with van der Waals surface area (Å²) in [5.41, 5.74) is 0. The van der Waals surface area contributed by atoms with E-state index >= 15 is 0 Å². The van der Waals surface area contributed by atoms with E-state index in [1.165, 1.54) is 12.1 Å². The van der Waals surface area contributed by atoms with Gasteiger partial charge in [-0.25, -0.2) is 8.42 Å². The first-order valence-corrected chi connectivity index (χ1v) is 8.99. The van der Waals surface area contributed by atoms with E-state index in [1.54, 1.807) is 0 Å². The number of rotatable bonds is 3. The lowest BCUT2D eigenvalue weighted by Crippen LogP contribution is -2.24. The Kier molecular flexibility index (Phi) is 4.28. The van der Waals surface area contributed by atoms with Crippen molar-refractivity contribution in [3.8, 4) is 11.5 Å². The van der Waals surface area contributed by atoms with Gasteiger partial charge in [-0.05, 0) is 18.8 Å². The van der Waals surface area contributed by atoms with Crippen molar-refractivity contribution in [3.63, 3.8) is 0 Å². The molecule has 0 saturated carbocycles.